The lowest BCUT2D eigenvalue weighted by molar-refractivity contribution is -0.171. The van der Waals surface area contributed by atoms with Gasteiger partial charge < -0.3 is 15.4 Å². The number of ether oxygens (including phenoxy) is 1. The van der Waals surface area contributed by atoms with Crippen LogP contribution in [0.4, 0.5) is 38.0 Å². The highest BCUT2D eigenvalue weighted by atomic mass is 19.4. The minimum atomic E-state index is -4.96. The molecule has 3 aromatic rings. The van der Waals surface area contributed by atoms with E-state index in [1.54, 1.807) is 0 Å². The van der Waals surface area contributed by atoms with Crippen molar-refractivity contribution in [1.82, 2.24) is 15.3 Å². The summed E-state index contributed by atoms with van der Waals surface area (Å²) in [6.45, 7) is -0.0576. The second-order valence-electron chi connectivity index (χ2n) is 8.01. The number of ketones is 1. The van der Waals surface area contributed by atoms with E-state index in [0.717, 1.165) is 5.56 Å². The summed E-state index contributed by atoms with van der Waals surface area (Å²) in [7, 11) is 0. The van der Waals surface area contributed by atoms with Crippen LogP contribution in [0.15, 0.2) is 60.8 Å². The maximum Gasteiger partial charge on any atom is 0.449 e. The number of unbranched alkanes of at least 4 members (excludes halogenated alkanes) is 1. The molecule has 0 fully saturated rings. The summed E-state index contributed by atoms with van der Waals surface area (Å²) in [5.41, 5.74) is 0.389. The fraction of sp³-hybridized carbons (Fsp3) is 0.280. The number of Topliss-reactive ketones (excluding diaryl/α,β-unsaturated/α-hetero) is 1. The molecule has 0 aliphatic heterocycles. The van der Waals surface area contributed by atoms with Gasteiger partial charge in [-0.3, -0.25) is 9.59 Å². The van der Waals surface area contributed by atoms with E-state index >= 15 is 0 Å². The monoisotopic (exact) mass is 540 g/mol. The van der Waals surface area contributed by atoms with Gasteiger partial charge in [0.2, 0.25) is 17.6 Å². The number of aromatic nitrogens is 2. The van der Waals surface area contributed by atoms with Crippen molar-refractivity contribution >= 4 is 23.3 Å². The van der Waals surface area contributed by atoms with E-state index in [1.807, 2.05) is 30.3 Å². The van der Waals surface area contributed by atoms with E-state index in [1.165, 1.54) is 24.3 Å². The van der Waals surface area contributed by atoms with Crippen LogP contribution in [0.1, 0.15) is 40.7 Å². The van der Waals surface area contributed by atoms with Crippen LogP contribution < -0.4 is 15.4 Å². The summed E-state index contributed by atoms with van der Waals surface area (Å²) in [6.07, 6.45) is -10.4. The lowest BCUT2D eigenvalue weighted by Gasteiger charge is -2.14. The Hall–Kier alpha value is -4.16. The number of halogens is 6. The number of rotatable bonds is 11. The van der Waals surface area contributed by atoms with Gasteiger partial charge in [-0.2, -0.15) is 31.3 Å². The molecule has 0 saturated heterocycles. The van der Waals surface area contributed by atoms with Crippen LogP contribution in [-0.2, 0) is 17.5 Å². The standard InChI is InChI=1S/C25H22F6N4O3/c26-24(27,28)19-15-33-23(35-22(19)38-13-5-4-8-20(36)25(29,30)31)34-18-11-9-17(10-12-18)21(37)32-14-16-6-2-1-3-7-16/h1-3,6-7,9-12,15H,4-5,8,13-14H2,(H,32,37)(H,33,34,35). The third-order valence-corrected chi connectivity index (χ3v) is 5.11. The molecule has 1 aromatic heterocycles. The molecule has 38 heavy (non-hydrogen) atoms. The van der Waals surface area contributed by atoms with Crippen LogP contribution in [0.5, 0.6) is 5.88 Å². The Morgan fingerprint density at radius 3 is 2.21 bits per heavy atom. The maximum absolute atomic E-state index is 13.3. The van der Waals surface area contributed by atoms with Gasteiger partial charge >= 0.3 is 12.4 Å². The molecule has 0 aliphatic rings. The molecule has 0 spiro atoms. The SMILES string of the molecule is O=C(NCc1ccccc1)c1ccc(Nc2ncc(C(F)(F)F)c(OCCCCC(=O)C(F)(F)F)n2)cc1. The zero-order valence-corrected chi connectivity index (χ0v) is 19.7. The third kappa shape index (κ3) is 8.46. The van der Waals surface area contributed by atoms with Gasteiger partial charge in [0.25, 0.3) is 5.91 Å². The molecule has 1 heterocycles. The molecule has 2 N–H and O–H groups in total. The molecular weight excluding hydrogens is 518 g/mol. The van der Waals surface area contributed by atoms with Crippen molar-refractivity contribution in [2.75, 3.05) is 11.9 Å². The average Bonchev–Trinajstić information content (AvgIpc) is 2.87. The number of nitrogens with one attached hydrogen (secondary N) is 2. The molecule has 0 unspecified atom stereocenters. The Morgan fingerprint density at radius 1 is 0.895 bits per heavy atom. The van der Waals surface area contributed by atoms with Gasteiger partial charge in [-0.05, 0) is 42.7 Å². The summed E-state index contributed by atoms with van der Waals surface area (Å²) in [6, 6.07) is 15.3. The Kier molecular flexibility index (Phi) is 9.26. The van der Waals surface area contributed by atoms with Crippen molar-refractivity contribution in [3.63, 3.8) is 0 Å². The Balaban J connectivity index is 1.60. The number of anilines is 2. The topological polar surface area (TPSA) is 93.2 Å². The highest BCUT2D eigenvalue weighted by molar-refractivity contribution is 5.94. The molecule has 2 aromatic carbocycles. The summed E-state index contributed by atoms with van der Waals surface area (Å²) < 4.78 is 81.8. The Bertz CT molecular complexity index is 1230. The van der Waals surface area contributed by atoms with E-state index in [0.29, 0.717) is 24.0 Å². The molecule has 0 atom stereocenters. The largest absolute Gasteiger partial charge is 0.477 e. The first-order valence-electron chi connectivity index (χ1n) is 11.3. The number of amides is 1. The highest BCUT2D eigenvalue weighted by Gasteiger charge is 2.37. The van der Waals surface area contributed by atoms with Gasteiger partial charge in [0.05, 0.1) is 6.61 Å². The van der Waals surface area contributed by atoms with Gasteiger partial charge in [0.15, 0.2) is 0 Å². The van der Waals surface area contributed by atoms with Crippen LogP contribution in [0.3, 0.4) is 0 Å². The first kappa shape index (κ1) is 28.4. The third-order valence-electron chi connectivity index (χ3n) is 5.11. The number of benzene rings is 2. The number of nitrogens with zero attached hydrogens (tertiary/aromatic N) is 2. The molecule has 0 saturated carbocycles. The summed E-state index contributed by atoms with van der Waals surface area (Å²) in [5.74, 6) is -3.28. The minimum Gasteiger partial charge on any atom is -0.477 e. The fourth-order valence-corrected chi connectivity index (χ4v) is 3.14. The van der Waals surface area contributed by atoms with Crippen LogP contribution in [0.2, 0.25) is 0 Å². The van der Waals surface area contributed by atoms with Crippen LogP contribution in [0.25, 0.3) is 0 Å². The van der Waals surface area contributed by atoms with Crippen molar-refractivity contribution in [3.05, 3.63) is 77.5 Å². The smallest absolute Gasteiger partial charge is 0.449 e. The highest BCUT2D eigenvalue weighted by Crippen LogP contribution is 2.35. The number of carbonyl (C=O) groups excluding carboxylic acids is 2. The Labute approximate surface area is 213 Å². The van der Waals surface area contributed by atoms with E-state index in [-0.39, 0.29) is 24.7 Å². The molecule has 0 aliphatic carbocycles. The molecule has 0 radical (unpaired) electrons. The second-order valence-corrected chi connectivity index (χ2v) is 8.01. The summed E-state index contributed by atoms with van der Waals surface area (Å²) in [4.78, 5) is 30.6. The molecule has 13 heteroatoms. The number of carbonyl (C=O) groups is 2. The summed E-state index contributed by atoms with van der Waals surface area (Å²) in [5, 5.41) is 5.48. The molecule has 0 bridgehead atoms. The van der Waals surface area contributed by atoms with Crippen molar-refractivity contribution in [2.24, 2.45) is 0 Å². The van der Waals surface area contributed by atoms with E-state index in [2.05, 4.69) is 20.6 Å². The zero-order valence-electron chi connectivity index (χ0n) is 19.7. The van der Waals surface area contributed by atoms with Gasteiger partial charge in [-0.25, -0.2) is 4.98 Å². The maximum atomic E-state index is 13.3. The van der Waals surface area contributed by atoms with Crippen LogP contribution >= 0.6 is 0 Å². The normalized spacial score (nSPS) is 11.6. The van der Waals surface area contributed by atoms with Gasteiger partial charge in [0, 0.05) is 30.4 Å². The van der Waals surface area contributed by atoms with Crippen LogP contribution in [0, 0.1) is 0 Å². The van der Waals surface area contributed by atoms with E-state index < -0.39 is 42.6 Å². The van der Waals surface area contributed by atoms with Crippen LogP contribution in [-0.4, -0.2) is 34.4 Å². The first-order valence-corrected chi connectivity index (χ1v) is 11.3. The van der Waals surface area contributed by atoms with Crippen molar-refractivity contribution in [3.8, 4) is 5.88 Å². The second kappa shape index (κ2) is 12.4. The lowest BCUT2D eigenvalue weighted by Crippen LogP contribution is -2.22. The lowest BCUT2D eigenvalue weighted by atomic mass is 10.2. The van der Waals surface area contributed by atoms with Gasteiger partial charge in [0.1, 0.15) is 5.56 Å². The Morgan fingerprint density at radius 2 is 1.58 bits per heavy atom. The number of alkyl halides is 6. The predicted molar refractivity (Wildman–Crippen MR) is 125 cm³/mol. The molecule has 1 amide bonds. The first-order chi connectivity index (χ1) is 17.9. The fourth-order valence-electron chi connectivity index (χ4n) is 3.14. The molecule has 7 nitrogen and oxygen atoms in total. The van der Waals surface area contributed by atoms with Gasteiger partial charge in [-0.1, -0.05) is 30.3 Å². The minimum absolute atomic E-state index is 0.0975. The molecule has 3 rings (SSSR count). The van der Waals surface area contributed by atoms with E-state index in [4.69, 9.17) is 4.74 Å². The molecule has 202 valence electrons. The zero-order chi connectivity index (χ0) is 27.8. The number of hydrogen-bond donors (Lipinski definition) is 2. The molecular formula is C25H22F6N4O3. The van der Waals surface area contributed by atoms with Crippen molar-refractivity contribution in [2.45, 2.75) is 38.2 Å². The quantitative estimate of drug-likeness (QED) is 0.234. The van der Waals surface area contributed by atoms with Gasteiger partial charge in [-0.15, -0.1) is 0 Å². The van der Waals surface area contributed by atoms with E-state index in [9.17, 15) is 35.9 Å². The number of hydrogen-bond acceptors (Lipinski definition) is 6. The summed E-state index contributed by atoms with van der Waals surface area (Å²) >= 11 is 0. The van der Waals surface area contributed by atoms with Crippen molar-refractivity contribution in [1.29, 1.82) is 0 Å². The predicted octanol–water partition coefficient (Wildman–Crippen LogP) is 5.85. The van der Waals surface area contributed by atoms with Crippen molar-refractivity contribution < 1.29 is 40.7 Å². The average molecular weight is 540 g/mol.